The van der Waals surface area contributed by atoms with Crippen molar-refractivity contribution in [1.29, 1.82) is 0 Å². The quantitative estimate of drug-likeness (QED) is 0.846. The fourth-order valence-corrected chi connectivity index (χ4v) is 4.68. The van der Waals surface area contributed by atoms with Crippen LogP contribution in [0.5, 0.6) is 0 Å². The molecule has 0 radical (unpaired) electrons. The number of anilines is 1. The van der Waals surface area contributed by atoms with Crippen molar-refractivity contribution < 1.29 is 0 Å². The number of nitrogens with one attached hydrogen (secondary N) is 1. The minimum atomic E-state index is 0.639. The first-order chi connectivity index (χ1) is 10.8. The first-order valence-electron chi connectivity index (χ1n) is 8.51. The summed E-state index contributed by atoms with van der Waals surface area (Å²) in [6.45, 7) is 3.97. The van der Waals surface area contributed by atoms with Crippen LogP contribution in [0.3, 0.4) is 0 Å². The van der Waals surface area contributed by atoms with Gasteiger partial charge in [0, 0.05) is 38.4 Å². The smallest absolute Gasteiger partial charge is 0.169 e. The zero-order valence-electron chi connectivity index (χ0n) is 12.9. The molecule has 2 saturated carbocycles. The van der Waals surface area contributed by atoms with Crippen molar-refractivity contribution in [3.63, 3.8) is 0 Å². The molecule has 0 spiro atoms. The third kappa shape index (κ3) is 2.78. The van der Waals surface area contributed by atoms with Crippen molar-refractivity contribution >= 4 is 23.1 Å². The maximum absolute atomic E-state index is 5.66. The minimum Gasteiger partial charge on any atom is -0.360 e. The highest BCUT2D eigenvalue weighted by molar-refractivity contribution is 7.80. The molecule has 1 aliphatic heterocycles. The van der Waals surface area contributed by atoms with E-state index in [9.17, 15) is 0 Å². The Labute approximate surface area is 137 Å². The Kier molecular flexibility index (Phi) is 3.90. The second-order valence-electron chi connectivity index (χ2n) is 6.89. The summed E-state index contributed by atoms with van der Waals surface area (Å²) in [7, 11) is 0. The molecule has 4 rings (SSSR count). The number of hydrogen-bond donors (Lipinski definition) is 1. The van der Waals surface area contributed by atoms with E-state index in [0.29, 0.717) is 6.04 Å². The van der Waals surface area contributed by atoms with Gasteiger partial charge in [0.2, 0.25) is 0 Å². The van der Waals surface area contributed by atoms with Crippen LogP contribution in [-0.2, 0) is 0 Å². The lowest BCUT2D eigenvalue weighted by Gasteiger charge is -2.38. The first-order valence-corrected chi connectivity index (χ1v) is 8.92. The van der Waals surface area contributed by atoms with Crippen molar-refractivity contribution in [2.75, 3.05) is 31.1 Å². The van der Waals surface area contributed by atoms with E-state index in [1.54, 1.807) is 0 Å². The van der Waals surface area contributed by atoms with Crippen molar-refractivity contribution in [3.8, 4) is 0 Å². The fraction of sp³-hybridized carbons (Fsp3) is 0.647. The van der Waals surface area contributed by atoms with Crippen LogP contribution in [0.4, 0.5) is 5.82 Å². The van der Waals surface area contributed by atoms with Gasteiger partial charge in [-0.2, -0.15) is 0 Å². The highest BCUT2D eigenvalue weighted by Crippen LogP contribution is 2.44. The summed E-state index contributed by atoms with van der Waals surface area (Å²) < 4.78 is 0. The highest BCUT2D eigenvalue weighted by Gasteiger charge is 2.40. The lowest BCUT2D eigenvalue weighted by atomic mass is 9.95. The molecule has 4 nitrogen and oxygen atoms in total. The predicted molar refractivity (Wildman–Crippen MR) is 93.0 cm³/mol. The zero-order chi connectivity index (χ0) is 14.9. The molecule has 1 N–H and O–H groups in total. The van der Waals surface area contributed by atoms with E-state index in [2.05, 4.69) is 32.2 Å². The third-order valence-electron chi connectivity index (χ3n) is 5.59. The Bertz CT molecular complexity index is 527. The molecule has 3 atom stereocenters. The van der Waals surface area contributed by atoms with Crippen LogP contribution in [-0.4, -0.2) is 47.2 Å². The van der Waals surface area contributed by atoms with Gasteiger partial charge >= 0.3 is 0 Å². The van der Waals surface area contributed by atoms with E-state index in [-0.39, 0.29) is 0 Å². The van der Waals surface area contributed by atoms with Crippen LogP contribution in [0.1, 0.15) is 25.7 Å². The maximum Gasteiger partial charge on any atom is 0.169 e. The Morgan fingerprint density at radius 1 is 1.14 bits per heavy atom. The number of rotatable bonds is 2. The van der Waals surface area contributed by atoms with Crippen LogP contribution in [0.25, 0.3) is 0 Å². The van der Waals surface area contributed by atoms with E-state index in [1.807, 2.05) is 12.3 Å². The molecule has 0 amide bonds. The van der Waals surface area contributed by atoms with Gasteiger partial charge in [-0.05, 0) is 55.4 Å². The van der Waals surface area contributed by atoms with E-state index in [0.717, 1.165) is 48.9 Å². The molecular weight excluding hydrogens is 292 g/mol. The number of fused-ring (bicyclic) bond motifs is 2. The van der Waals surface area contributed by atoms with Gasteiger partial charge < -0.3 is 15.1 Å². The van der Waals surface area contributed by atoms with Gasteiger partial charge in [0.15, 0.2) is 5.11 Å². The summed E-state index contributed by atoms with van der Waals surface area (Å²) in [6.07, 6.45) is 7.46. The summed E-state index contributed by atoms with van der Waals surface area (Å²) in [5.41, 5.74) is 0. The summed E-state index contributed by atoms with van der Waals surface area (Å²) in [4.78, 5) is 9.12. The highest BCUT2D eigenvalue weighted by atomic mass is 32.1. The molecule has 1 aromatic heterocycles. The van der Waals surface area contributed by atoms with Gasteiger partial charge in [-0.25, -0.2) is 4.98 Å². The Morgan fingerprint density at radius 2 is 2.00 bits per heavy atom. The summed E-state index contributed by atoms with van der Waals surface area (Å²) in [5.74, 6) is 2.91. The van der Waals surface area contributed by atoms with Crippen molar-refractivity contribution in [2.24, 2.45) is 11.8 Å². The molecule has 5 heteroatoms. The van der Waals surface area contributed by atoms with Gasteiger partial charge in [0.25, 0.3) is 0 Å². The number of hydrogen-bond acceptors (Lipinski definition) is 3. The average molecular weight is 316 g/mol. The number of aromatic nitrogens is 1. The van der Waals surface area contributed by atoms with Gasteiger partial charge in [0.1, 0.15) is 5.82 Å². The first kappa shape index (κ1) is 14.2. The number of nitrogens with zero attached hydrogens (tertiary/aromatic N) is 3. The summed E-state index contributed by atoms with van der Waals surface area (Å²) >= 11 is 5.66. The normalized spacial score (nSPS) is 30.6. The molecule has 0 aromatic carbocycles. The molecule has 2 heterocycles. The van der Waals surface area contributed by atoms with Crippen LogP contribution >= 0.6 is 12.2 Å². The molecule has 2 aliphatic carbocycles. The molecule has 3 aliphatic rings. The van der Waals surface area contributed by atoms with E-state index in [1.165, 1.54) is 25.7 Å². The van der Waals surface area contributed by atoms with E-state index < -0.39 is 0 Å². The SMILES string of the molecule is S=C(N[C@@H]1C[C@@H]2CC[C@@H]1C2)N1CCN(c2ccccn2)CC1. The molecule has 1 aromatic rings. The number of piperazine rings is 1. The van der Waals surface area contributed by atoms with Gasteiger partial charge in [-0.1, -0.05) is 12.5 Å². The topological polar surface area (TPSA) is 31.4 Å². The van der Waals surface area contributed by atoms with Crippen LogP contribution in [0, 0.1) is 11.8 Å². The lowest BCUT2D eigenvalue weighted by Crippen LogP contribution is -2.54. The predicted octanol–water partition coefficient (Wildman–Crippen LogP) is 2.27. The van der Waals surface area contributed by atoms with Gasteiger partial charge in [0.05, 0.1) is 0 Å². The molecule has 118 valence electrons. The molecule has 1 saturated heterocycles. The van der Waals surface area contributed by atoms with E-state index in [4.69, 9.17) is 12.2 Å². The fourth-order valence-electron chi connectivity index (χ4n) is 4.35. The molecule has 2 bridgehead atoms. The Morgan fingerprint density at radius 3 is 2.64 bits per heavy atom. The van der Waals surface area contributed by atoms with Crippen molar-refractivity contribution in [3.05, 3.63) is 24.4 Å². The van der Waals surface area contributed by atoms with Gasteiger partial charge in [-0.3, -0.25) is 0 Å². The monoisotopic (exact) mass is 316 g/mol. The van der Waals surface area contributed by atoms with Gasteiger partial charge in [-0.15, -0.1) is 0 Å². The second-order valence-corrected chi connectivity index (χ2v) is 7.28. The maximum atomic E-state index is 5.66. The Balaban J connectivity index is 1.29. The van der Waals surface area contributed by atoms with E-state index >= 15 is 0 Å². The Hall–Kier alpha value is -1.36. The number of pyridine rings is 1. The zero-order valence-corrected chi connectivity index (χ0v) is 13.8. The van der Waals surface area contributed by atoms with Crippen molar-refractivity contribution in [1.82, 2.24) is 15.2 Å². The average Bonchev–Trinajstić information content (AvgIpc) is 3.19. The molecule has 22 heavy (non-hydrogen) atoms. The minimum absolute atomic E-state index is 0.639. The van der Waals surface area contributed by atoms with Crippen LogP contribution in [0.15, 0.2) is 24.4 Å². The lowest BCUT2D eigenvalue weighted by molar-refractivity contribution is 0.345. The molecular formula is C17H24N4S. The van der Waals surface area contributed by atoms with Crippen molar-refractivity contribution in [2.45, 2.75) is 31.7 Å². The van der Waals surface area contributed by atoms with Crippen LogP contribution < -0.4 is 10.2 Å². The second kappa shape index (κ2) is 6.03. The summed E-state index contributed by atoms with van der Waals surface area (Å²) in [6, 6.07) is 6.74. The molecule has 3 fully saturated rings. The number of thiocarbonyl (C=S) groups is 1. The summed E-state index contributed by atoms with van der Waals surface area (Å²) in [5, 5.41) is 4.63. The third-order valence-corrected chi connectivity index (χ3v) is 5.96. The standard InChI is InChI=1S/C17H24N4S/c22-17(19-15-12-13-4-5-14(15)11-13)21-9-7-20(8-10-21)16-3-1-2-6-18-16/h1-3,6,13-15H,4-5,7-12H2,(H,19,22)/t13-,14-,15-/m1/s1. The van der Waals surface area contributed by atoms with Crippen LogP contribution in [0.2, 0.25) is 0 Å². The largest absolute Gasteiger partial charge is 0.360 e. The molecule has 0 unspecified atom stereocenters.